The van der Waals surface area contributed by atoms with E-state index in [4.69, 9.17) is 14.9 Å². The number of rotatable bonds is 7. The van der Waals surface area contributed by atoms with Gasteiger partial charge < -0.3 is 14.9 Å². The minimum absolute atomic E-state index is 0.214. The zero-order chi connectivity index (χ0) is 15.3. The molecule has 0 saturated heterocycles. The summed E-state index contributed by atoms with van der Waals surface area (Å²) in [5, 5.41) is 17.4. The summed E-state index contributed by atoms with van der Waals surface area (Å²) in [5.41, 5.74) is 0. The van der Waals surface area contributed by atoms with Gasteiger partial charge >= 0.3 is 11.9 Å². The molecule has 1 aromatic rings. The first-order chi connectivity index (χ1) is 9.26. The number of benzene rings is 1. The fraction of sp³-hybridized carbons (Fsp3) is 0.273. The van der Waals surface area contributed by atoms with Crippen molar-refractivity contribution in [3.63, 3.8) is 0 Å². The summed E-state index contributed by atoms with van der Waals surface area (Å²) in [4.78, 5) is 21.2. The second-order valence-electron chi connectivity index (χ2n) is 3.79. The number of nitrogens with one attached hydrogen (secondary N) is 1. The number of hydrogen-bond donors (Lipinski definition) is 3. The van der Waals surface area contributed by atoms with Gasteiger partial charge in [-0.15, -0.1) is 0 Å². The van der Waals surface area contributed by atoms with Crippen molar-refractivity contribution in [2.75, 3.05) is 7.11 Å². The predicted molar refractivity (Wildman–Crippen MR) is 67.0 cm³/mol. The molecule has 3 N–H and O–H groups in total. The molecule has 1 rings (SSSR count). The quantitative estimate of drug-likeness (QED) is 0.641. The van der Waals surface area contributed by atoms with Crippen molar-refractivity contribution in [3.8, 4) is 5.75 Å². The Morgan fingerprint density at radius 3 is 2.50 bits per heavy atom. The van der Waals surface area contributed by atoms with Crippen molar-refractivity contribution >= 4 is 22.0 Å². The molecule has 110 valence electrons. The molecule has 0 unspecified atom stereocenters. The van der Waals surface area contributed by atoms with Gasteiger partial charge in [0.05, 0.1) is 18.4 Å². The van der Waals surface area contributed by atoms with E-state index < -0.39 is 34.4 Å². The van der Waals surface area contributed by atoms with Crippen LogP contribution < -0.4 is 9.46 Å². The number of aliphatic carboxylic acids is 2. The Labute approximate surface area is 115 Å². The van der Waals surface area contributed by atoms with E-state index in [0.29, 0.717) is 0 Å². The van der Waals surface area contributed by atoms with Crippen LogP contribution in [0, 0.1) is 0 Å². The van der Waals surface area contributed by atoms with Crippen LogP contribution in [0.2, 0.25) is 0 Å². The fourth-order valence-corrected chi connectivity index (χ4v) is 2.60. The van der Waals surface area contributed by atoms with E-state index in [2.05, 4.69) is 0 Å². The number of sulfonamides is 1. The SMILES string of the molecule is COc1cccc(S(=O)(=O)N[C@@H](CC(=O)O)C(=O)O)c1. The Kier molecular flexibility index (Phi) is 5.06. The van der Waals surface area contributed by atoms with Crippen molar-refractivity contribution in [1.29, 1.82) is 0 Å². The molecular weight excluding hydrogens is 290 g/mol. The topological polar surface area (TPSA) is 130 Å². The van der Waals surface area contributed by atoms with Crippen LogP contribution in [-0.4, -0.2) is 43.7 Å². The first-order valence-corrected chi connectivity index (χ1v) is 6.85. The number of methoxy groups -OCH3 is 1. The van der Waals surface area contributed by atoms with Crippen molar-refractivity contribution in [3.05, 3.63) is 24.3 Å². The summed E-state index contributed by atoms with van der Waals surface area (Å²) in [6.07, 6.45) is -0.863. The zero-order valence-electron chi connectivity index (χ0n) is 10.4. The highest BCUT2D eigenvalue weighted by atomic mass is 32.2. The van der Waals surface area contributed by atoms with Gasteiger partial charge in [0.1, 0.15) is 11.8 Å². The maximum Gasteiger partial charge on any atom is 0.322 e. The third-order valence-corrected chi connectivity index (χ3v) is 3.80. The van der Waals surface area contributed by atoms with Gasteiger partial charge in [-0.3, -0.25) is 9.59 Å². The van der Waals surface area contributed by atoms with Crippen LogP contribution in [0.4, 0.5) is 0 Å². The van der Waals surface area contributed by atoms with Gasteiger partial charge in [0.25, 0.3) is 0 Å². The molecule has 0 spiro atoms. The van der Waals surface area contributed by atoms with Gasteiger partial charge in [0.15, 0.2) is 0 Å². The Morgan fingerprint density at radius 2 is 2.00 bits per heavy atom. The Hall–Kier alpha value is -2.13. The summed E-state index contributed by atoms with van der Waals surface area (Å²) >= 11 is 0. The highest BCUT2D eigenvalue weighted by molar-refractivity contribution is 7.89. The molecule has 9 heteroatoms. The standard InChI is InChI=1S/C11H13NO7S/c1-19-7-3-2-4-8(5-7)20(17,18)12-9(11(15)16)6-10(13)14/h2-5,9,12H,6H2,1H3,(H,13,14)(H,15,16)/t9-/m0/s1. The van der Waals surface area contributed by atoms with Gasteiger partial charge in [0.2, 0.25) is 10.0 Å². The molecule has 0 aromatic heterocycles. The highest BCUT2D eigenvalue weighted by Gasteiger charge is 2.27. The smallest absolute Gasteiger partial charge is 0.322 e. The predicted octanol–water partition coefficient (Wildman–Crippen LogP) is -0.0986. The average Bonchev–Trinajstić information content (AvgIpc) is 2.37. The number of ether oxygens (including phenoxy) is 1. The van der Waals surface area contributed by atoms with Crippen molar-refractivity contribution in [2.45, 2.75) is 17.4 Å². The molecular formula is C11H13NO7S. The lowest BCUT2D eigenvalue weighted by molar-refractivity contribution is -0.145. The van der Waals surface area contributed by atoms with E-state index in [1.54, 1.807) is 0 Å². The molecule has 0 saturated carbocycles. The van der Waals surface area contributed by atoms with Gasteiger partial charge in [-0.1, -0.05) is 6.07 Å². The molecule has 0 heterocycles. The molecule has 8 nitrogen and oxygen atoms in total. The molecule has 0 radical (unpaired) electrons. The Bertz CT molecular complexity index is 611. The number of carboxylic acid groups (broad SMARTS) is 2. The summed E-state index contributed by atoms with van der Waals surface area (Å²) in [7, 11) is -2.81. The molecule has 0 aliphatic rings. The van der Waals surface area contributed by atoms with Crippen molar-refractivity contribution in [1.82, 2.24) is 4.72 Å². The molecule has 0 amide bonds. The minimum Gasteiger partial charge on any atom is -0.497 e. The second kappa shape index (κ2) is 6.35. The van der Waals surface area contributed by atoms with Crippen LogP contribution >= 0.6 is 0 Å². The molecule has 1 aromatic carbocycles. The highest BCUT2D eigenvalue weighted by Crippen LogP contribution is 2.17. The molecule has 20 heavy (non-hydrogen) atoms. The molecule has 0 fully saturated rings. The Balaban J connectivity index is 3.02. The van der Waals surface area contributed by atoms with Crippen molar-refractivity contribution < 1.29 is 33.0 Å². The van der Waals surface area contributed by atoms with Crippen molar-refractivity contribution in [2.24, 2.45) is 0 Å². The van der Waals surface area contributed by atoms with Gasteiger partial charge in [-0.2, -0.15) is 4.72 Å². The van der Waals surface area contributed by atoms with Crippen LogP contribution in [0.15, 0.2) is 29.2 Å². The van der Waals surface area contributed by atoms with Gasteiger partial charge in [-0.05, 0) is 12.1 Å². The lowest BCUT2D eigenvalue weighted by Gasteiger charge is -2.13. The van der Waals surface area contributed by atoms with E-state index in [-0.39, 0.29) is 10.6 Å². The van der Waals surface area contributed by atoms with Gasteiger partial charge in [-0.25, -0.2) is 8.42 Å². The van der Waals surface area contributed by atoms with E-state index in [1.807, 2.05) is 4.72 Å². The van der Waals surface area contributed by atoms with E-state index in [1.165, 1.54) is 31.4 Å². The fourth-order valence-electron chi connectivity index (χ4n) is 1.38. The van der Waals surface area contributed by atoms with E-state index in [9.17, 15) is 18.0 Å². The summed E-state index contributed by atoms with van der Waals surface area (Å²) in [5.74, 6) is -2.72. The zero-order valence-corrected chi connectivity index (χ0v) is 11.3. The van der Waals surface area contributed by atoms with Crippen LogP contribution in [0.5, 0.6) is 5.75 Å². The normalized spacial score (nSPS) is 12.7. The summed E-state index contributed by atoms with van der Waals surface area (Å²) in [6.45, 7) is 0. The largest absolute Gasteiger partial charge is 0.497 e. The third kappa shape index (κ3) is 4.21. The minimum atomic E-state index is -4.16. The molecule has 0 aliphatic carbocycles. The third-order valence-electron chi connectivity index (χ3n) is 2.33. The first kappa shape index (κ1) is 15.9. The number of hydrogen-bond acceptors (Lipinski definition) is 5. The monoisotopic (exact) mass is 303 g/mol. The molecule has 0 bridgehead atoms. The number of carboxylic acids is 2. The van der Waals surface area contributed by atoms with Gasteiger partial charge in [0, 0.05) is 6.07 Å². The average molecular weight is 303 g/mol. The molecule has 1 atom stereocenters. The summed E-state index contributed by atoms with van der Waals surface area (Å²) < 4.78 is 30.6. The number of carbonyl (C=O) groups is 2. The maximum atomic E-state index is 12.0. The van der Waals surface area contributed by atoms with Crippen LogP contribution in [0.3, 0.4) is 0 Å². The lowest BCUT2D eigenvalue weighted by Crippen LogP contribution is -2.42. The van der Waals surface area contributed by atoms with E-state index in [0.717, 1.165) is 0 Å². The maximum absolute atomic E-state index is 12.0. The van der Waals surface area contributed by atoms with Crippen LogP contribution in [0.1, 0.15) is 6.42 Å². The van der Waals surface area contributed by atoms with Crippen LogP contribution in [0.25, 0.3) is 0 Å². The van der Waals surface area contributed by atoms with E-state index >= 15 is 0 Å². The Morgan fingerprint density at radius 1 is 1.35 bits per heavy atom. The van der Waals surface area contributed by atoms with Crippen LogP contribution in [-0.2, 0) is 19.6 Å². The summed E-state index contributed by atoms with van der Waals surface area (Å²) in [6, 6.07) is 3.63. The first-order valence-electron chi connectivity index (χ1n) is 5.37. The lowest BCUT2D eigenvalue weighted by atomic mass is 10.2. The molecule has 0 aliphatic heterocycles. The second-order valence-corrected chi connectivity index (χ2v) is 5.50.